The van der Waals surface area contributed by atoms with Crippen LogP contribution in [0.15, 0.2) is 0 Å². The van der Waals surface area contributed by atoms with Crippen LogP contribution in [0.1, 0.15) is 12.8 Å². The van der Waals surface area contributed by atoms with Crippen LogP contribution < -0.4 is 10.0 Å². The highest BCUT2D eigenvalue weighted by atomic mass is 32.2. The smallest absolute Gasteiger partial charge is 0.313 e. The SMILES string of the molecule is FC(F)(F)CSNC[C@@H]1CCCN1. The van der Waals surface area contributed by atoms with E-state index >= 15 is 0 Å². The molecule has 0 radical (unpaired) electrons. The van der Waals surface area contributed by atoms with Gasteiger partial charge in [0.15, 0.2) is 0 Å². The molecule has 1 fully saturated rings. The summed E-state index contributed by atoms with van der Waals surface area (Å²) in [5.41, 5.74) is 0. The van der Waals surface area contributed by atoms with E-state index in [-0.39, 0.29) is 0 Å². The average molecular weight is 214 g/mol. The molecule has 0 unspecified atom stereocenters. The topological polar surface area (TPSA) is 24.1 Å². The van der Waals surface area contributed by atoms with Crippen molar-refractivity contribution in [1.82, 2.24) is 10.0 Å². The summed E-state index contributed by atoms with van der Waals surface area (Å²) in [5, 5.41) is 3.20. The van der Waals surface area contributed by atoms with Crippen molar-refractivity contribution in [3.8, 4) is 0 Å². The predicted octanol–water partition coefficient (Wildman–Crippen LogP) is 1.54. The van der Waals surface area contributed by atoms with E-state index in [4.69, 9.17) is 0 Å². The van der Waals surface area contributed by atoms with Gasteiger partial charge in [0.05, 0.1) is 0 Å². The van der Waals surface area contributed by atoms with Gasteiger partial charge < -0.3 is 5.32 Å². The quantitative estimate of drug-likeness (QED) is 0.548. The van der Waals surface area contributed by atoms with Crippen molar-refractivity contribution in [3.63, 3.8) is 0 Å². The Labute approximate surface area is 79.8 Å². The van der Waals surface area contributed by atoms with Gasteiger partial charge >= 0.3 is 6.18 Å². The molecule has 2 nitrogen and oxygen atoms in total. The molecule has 0 spiro atoms. The minimum absolute atomic E-state index is 0.348. The van der Waals surface area contributed by atoms with Crippen LogP contribution in [-0.4, -0.2) is 31.1 Å². The molecule has 1 saturated heterocycles. The molecule has 0 saturated carbocycles. The van der Waals surface area contributed by atoms with Crippen LogP contribution in [-0.2, 0) is 0 Å². The fourth-order valence-corrected chi connectivity index (χ4v) is 1.81. The number of hydrogen-bond donors (Lipinski definition) is 2. The van der Waals surface area contributed by atoms with Crippen molar-refractivity contribution in [1.29, 1.82) is 0 Å². The van der Waals surface area contributed by atoms with E-state index in [2.05, 4.69) is 10.0 Å². The van der Waals surface area contributed by atoms with Gasteiger partial charge in [0.2, 0.25) is 0 Å². The van der Waals surface area contributed by atoms with Gasteiger partial charge in [-0.25, -0.2) is 0 Å². The largest absolute Gasteiger partial charge is 0.399 e. The summed E-state index contributed by atoms with van der Waals surface area (Å²) in [5.74, 6) is -0.820. The van der Waals surface area contributed by atoms with Crippen LogP contribution in [0.4, 0.5) is 13.2 Å². The fourth-order valence-electron chi connectivity index (χ4n) is 1.22. The first-order valence-electron chi connectivity index (χ1n) is 4.23. The third-order valence-electron chi connectivity index (χ3n) is 1.83. The summed E-state index contributed by atoms with van der Waals surface area (Å²) >= 11 is 0.732. The Bertz CT molecular complexity index is 145. The van der Waals surface area contributed by atoms with Crippen LogP contribution in [0.25, 0.3) is 0 Å². The summed E-state index contributed by atoms with van der Waals surface area (Å²) in [6.45, 7) is 1.59. The standard InChI is InChI=1S/C7H13F3N2S/c8-7(9,10)5-13-12-4-6-2-1-3-11-6/h6,11-12H,1-5H2/t6-/m0/s1. The minimum atomic E-state index is -4.07. The molecule has 1 aliphatic heterocycles. The first-order chi connectivity index (χ1) is 6.08. The highest BCUT2D eigenvalue weighted by Gasteiger charge is 2.27. The lowest BCUT2D eigenvalue weighted by Crippen LogP contribution is -2.31. The zero-order valence-corrected chi connectivity index (χ0v) is 7.97. The first kappa shape index (κ1) is 11.1. The van der Waals surface area contributed by atoms with Crippen LogP contribution in [0.2, 0.25) is 0 Å². The van der Waals surface area contributed by atoms with Gasteiger partial charge in [0.1, 0.15) is 5.75 Å². The lowest BCUT2D eigenvalue weighted by Gasteiger charge is -2.11. The Hall–Kier alpha value is 0.0600. The molecule has 0 aromatic rings. The molecule has 13 heavy (non-hydrogen) atoms. The Balaban J connectivity index is 1.94. The maximum Gasteiger partial charge on any atom is 0.399 e. The number of hydrogen-bond acceptors (Lipinski definition) is 3. The van der Waals surface area contributed by atoms with Crippen LogP contribution >= 0.6 is 11.9 Å². The lowest BCUT2D eigenvalue weighted by atomic mass is 10.2. The summed E-state index contributed by atoms with van der Waals surface area (Å²) in [7, 11) is 0. The van der Waals surface area contributed by atoms with Gasteiger partial charge in [-0.3, -0.25) is 4.72 Å². The molecular formula is C7H13F3N2S. The average Bonchev–Trinajstić information content (AvgIpc) is 2.48. The summed E-state index contributed by atoms with van der Waals surface area (Å²) in [4.78, 5) is 0. The van der Waals surface area contributed by atoms with Gasteiger partial charge in [-0.15, -0.1) is 0 Å². The number of alkyl halides is 3. The second-order valence-electron chi connectivity index (χ2n) is 3.05. The van der Waals surface area contributed by atoms with E-state index < -0.39 is 11.9 Å². The van der Waals surface area contributed by atoms with E-state index in [9.17, 15) is 13.2 Å². The Morgan fingerprint density at radius 1 is 1.46 bits per heavy atom. The van der Waals surface area contributed by atoms with Crippen LogP contribution in [0.5, 0.6) is 0 Å². The van der Waals surface area contributed by atoms with Crippen molar-refractivity contribution in [2.24, 2.45) is 0 Å². The van der Waals surface area contributed by atoms with Gasteiger partial charge in [0, 0.05) is 12.6 Å². The summed E-state index contributed by atoms with van der Waals surface area (Å²) < 4.78 is 37.8. The van der Waals surface area contributed by atoms with Crippen LogP contribution in [0.3, 0.4) is 0 Å². The van der Waals surface area contributed by atoms with Gasteiger partial charge in [-0.05, 0) is 19.4 Å². The lowest BCUT2D eigenvalue weighted by molar-refractivity contribution is -0.105. The maximum absolute atomic E-state index is 11.7. The highest BCUT2D eigenvalue weighted by Crippen LogP contribution is 2.19. The van der Waals surface area contributed by atoms with Crippen LogP contribution in [0, 0.1) is 0 Å². The van der Waals surface area contributed by atoms with Crippen molar-refractivity contribution in [2.75, 3.05) is 18.8 Å². The predicted molar refractivity (Wildman–Crippen MR) is 47.5 cm³/mol. The molecule has 0 bridgehead atoms. The van der Waals surface area contributed by atoms with Crippen molar-refractivity contribution < 1.29 is 13.2 Å². The summed E-state index contributed by atoms with van der Waals surface area (Å²) in [6, 6.07) is 0.348. The Morgan fingerprint density at radius 2 is 2.23 bits per heavy atom. The minimum Gasteiger partial charge on any atom is -0.313 e. The van der Waals surface area contributed by atoms with Crippen molar-refractivity contribution in [2.45, 2.75) is 25.1 Å². The normalized spacial score (nSPS) is 23.8. The zero-order valence-electron chi connectivity index (χ0n) is 7.16. The van der Waals surface area contributed by atoms with E-state index in [1.54, 1.807) is 0 Å². The highest BCUT2D eigenvalue weighted by molar-refractivity contribution is 7.97. The Morgan fingerprint density at radius 3 is 2.77 bits per heavy atom. The molecule has 6 heteroatoms. The fraction of sp³-hybridized carbons (Fsp3) is 1.00. The molecule has 1 rings (SSSR count). The first-order valence-corrected chi connectivity index (χ1v) is 5.21. The summed E-state index contributed by atoms with van der Waals surface area (Å²) in [6.07, 6.45) is -1.89. The van der Waals surface area contributed by atoms with Gasteiger partial charge in [-0.2, -0.15) is 13.2 Å². The maximum atomic E-state index is 11.7. The number of halogens is 3. The third kappa shape index (κ3) is 5.38. The molecule has 1 atom stereocenters. The van der Waals surface area contributed by atoms with E-state index in [1.165, 1.54) is 0 Å². The molecule has 2 N–H and O–H groups in total. The van der Waals surface area contributed by atoms with Gasteiger partial charge in [-0.1, -0.05) is 11.9 Å². The second-order valence-corrected chi connectivity index (χ2v) is 3.91. The van der Waals surface area contributed by atoms with Crippen molar-refractivity contribution >= 4 is 11.9 Å². The molecule has 0 aromatic heterocycles. The number of rotatable bonds is 4. The molecule has 0 aromatic carbocycles. The van der Waals surface area contributed by atoms with Crippen molar-refractivity contribution in [3.05, 3.63) is 0 Å². The molecular weight excluding hydrogens is 201 g/mol. The molecule has 1 heterocycles. The van der Waals surface area contributed by atoms with E-state index in [0.29, 0.717) is 12.6 Å². The Kier molecular flexibility index (Phi) is 4.34. The van der Waals surface area contributed by atoms with Gasteiger partial charge in [0.25, 0.3) is 0 Å². The van der Waals surface area contributed by atoms with E-state index in [0.717, 1.165) is 31.3 Å². The monoisotopic (exact) mass is 214 g/mol. The molecule has 0 amide bonds. The third-order valence-corrected chi connectivity index (χ3v) is 2.67. The second kappa shape index (κ2) is 5.07. The molecule has 1 aliphatic rings. The molecule has 78 valence electrons. The van der Waals surface area contributed by atoms with E-state index in [1.807, 2.05) is 0 Å². The number of nitrogens with one attached hydrogen (secondary N) is 2. The zero-order chi connectivity index (χ0) is 9.73. The molecule has 0 aliphatic carbocycles.